The Balaban J connectivity index is 0.00000400. The van der Waals surface area contributed by atoms with Gasteiger partial charge in [-0.1, -0.05) is 31.2 Å². The van der Waals surface area contributed by atoms with Crippen molar-refractivity contribution in [2.45, 2.75) is 26.8 Å². The molecule has 0 aliphatic rings. The van der Waals surface area contributed by atoms with Crippen molar-refractivity contribution in [1.29, 1.82) is 0 Å². The smallest absolute Gasteiger partial charge is 0.317 e. The summed E-state index contributed by atoms with van der Waals surface area (Å²) in [6.07, 6.45) is 0.818. The lowest BCUT2D eigenvalue weighted by atomic mass is 10.1. The minimum absolute atomic E-state index is 0. The molecule has 0 saturated heterocycles. The van der Waals surface area contributed by atoms with E-state index in [2.05, 4.69) is 5.32 Å². The van der Waals surface area contributed by atoms with Crippen LogP contribution in [0.4, 0.5) is 0 Å². The molecular weight excluding hydrogens is 292 g/mol. The fourth-order valence-corrected chi connectivity index (χ4v) is 1.98. The normalized spacial score (nSPS) is 10.0. The number of hydrogen-bond donors (Lipinski definition) is 2. The van der Waals surface area contributed by atoms with Crippen molar-refractivity contribution in [3.05, 3.63) is 35.4 Å². The Hall–Kier alpha value is -1.59. The number of nitrogens with one attached hydrogen (secondary N) is 1. The predicted octanol–water partition coefficient (Wildman–Crippen LogP) is 1.83. The highest BCUT2D eigenvalue weighted by Gasteiger charge is 2.13. The van der Waals surface area contributed by atoms with Gasteiger partial charge >= 0.3 is 5.97 Å². The first-order valence-corrected chi connectivity index (χ1v) is 6.78. The standard InChI is InChI=1S/C15H22N2O3.ClH/c1-3-8-17(11-15(19)20)10-14(18)16-9-13-7-5-4-6-12(13)2;/h4-7H,3,8-11H2,1-2H3,(H,16,18)(H,19,20);1H. The molecule has 0 fully saturated rings. The van der Waals surface area contributed by atoms with E-state index in [0.29, 0.717) is 13.1 Å². The zero-order valence-electron chi connectivity index (χ0n) is 12.5. The second kappa shape index (κ2) is 10.2. The van der Waals surface area contributed by atoms with Gasteiger partial charge in [-0.15, -0.1) is 12.4 Å². The number of rotatable bonds is 8. The van der Waals surface area contributed by atoms with Crippen LogP contribution in [0.5, 0.6) is 0 Å². The van der Waals surface area contributed by atoms with Gasteiger partial charge in [-0.2, -0.15) is 0 Å². The Morgan fingerprint density at radius 3 is 2.48 bits per heavy atom. The molecule has 0 atom stereocenters. The van der Waals surface area contributed by atoms with Crippen LogP contribution in [-0.2, 0) is 16.1 Å². The summed E-state index contributed by atoms with van der Waals surface area (Å²) in [5, 5.41) is 11.6. The number of carbonyl (C=O) groups is 2. The number of nitrogens with zero attached hydrogens (tertiary/aromatic N) is 1. The van der Waals surface area contributed by atoms with Crippen LogP contribution >= 0.6 is 12.4 Å². The Kier molecular flexibility index (Phi) is 9.41. The molecule has 0 saturated carbocycles. The molecule has 2 N–H and O–H groups in total. The van der Waals surface area contributed by atoms with Gasteiger partial charge in [0.15, 0.2) is 0 Å². The van der Waals surface area contributed by atoms with Gasteiger partial charge in [0.25, 0.3) is 0 Å². The lowest BCUT2D eigenvalue weighted by Gasteiger charge is -2.18. The van der Waals surface area contributed by atoms with E-state index in [1.807, 2.05) is 38.1 Å². The zero-order chi connectivity index (χ0) is 15.0. The average Bonchev–Trinajstić information content (AvgIpc) is 2.37. The number of halogens is 1. The number of carboxylic acids is 1. The molecule has 0 bridgehead atoms. The SMILES string of the molecule is CCCN(CC(=O)O)CC(=O)NCc1ccccc1C.Cl. The third-order valence-electron chi connectivity index (χ3n) is 3.00. The Bertz CT molecular complexity index is 466. The lowest BCUT2D eigenvalue weighted by Crippen LogP contribution is -2.40. The summed E-state index contributed by atoms with van der Waals surface area (Å²) < 4.78 is 0. The number of benzene rings is 1. The summed E-state index contributed by atoms with van der Waals surface area (Å²) in [4.78, 5) is 24.2. The second-order valence-corrected chi connectivity index (χ2v) is 4.81. The molecule has 0 unspecified atom stereocenters. The van der Waals surface area contributed by atoms with E-state index in [-0.39, 0.29) is 31.4 Å². The Labute approximate surface area is 131 Å². The van der Waals surface area contributed by atoms with Crippen molar-refractivity contribution in [2.75, 3.05) is 19.6 Å². The number of aryl methyl sites for hydroxylation is 1. The maximum absolute atomic E-state index is 11.8. The lowest BCUT2D eigenvalue weighted by molar-refractivity contribution is -0.138. The summed E-state index contributed by atoms with van der Waals surface area (Å²) in [5.74, 6) is -1.06. The van der Waals surface area contributed by atoms with Crippen molar-refractivity contribution in [3.63, 3.8) is 0 Å². The molecule has 6 heteroatoms. The molecule has 1 amide bonds. The largest absolute Gasteiger partial charge is 0.480 e. The first-order valence-electron chi connectivity index (χ1n) is 6.78. The third-order valence-corrected chi connectivity index (χ3v) is 3.00. The Morgan fingerprint density at radius 2 is 1.90 bits per heavy atom. The molecule has 118 valence electrons. The van der Waals surface area contributed by atoms with Crippen LogP contribution in [0.3, 0.4) is 0 Å². The minimum Gasteiger partial charge on any atom is -0.480 e. The maximum Gasteiger partial charge on any atom is 0.317 e. The Morgan fingerprint density at radius 1 is 1.24 bits per heavy atom. The number of amides is 1. The fourth-order valence-electron chi connectivity index (χ4n) is 1.98. The molecule has 0 aromatic heterocycles. The molecule has 0 radical (unpaired) electrons. The van der Waals surface area contributed by atoms with E-state index < -0.39 is 5.97 Å². The van der Waals surface area contributed by atoms with Crippen molar-refractivity contribution in [3.8, 4) is 0 Å². The molecule has 0 aliphatic carbocycles. The van der Waals surface area contributed by atoms with Crippen LogP contribution < -0.4 is 5.32 Å². The summed E-state index contributed by atoms with van der Waals surface area (Å²) in [6.45, 7) is 5.04. The van der Waals surface area contributed by atoms with E-state index in [1.54, 1.807) is 4.90 Å². The van der Waals surface area contributed by atoms with Crippen molar-refractivity contribution in [1.82, 2.24) is 10.2 Å². The molecule has 0 heterocycles. The van der Waals surface area contributed by atoms with Crippen LogP contribution in [0.1, 0.15) is 24.5 Å². The van der Waals surface area contributed by atoms with Gasteiger partial charge in [0.2, 0.25) is 5.91 Å². The van der Waals surface area contributed by atoms with E-state index in [0.717, 1.165) is 17.5 Å². The van der Waals surface area contributed by atoms with Gasteiger partial charge in [0.05, 0.1) is 13.1 Å². The highest BCUT2D eigenvalue weighted by atomic mass is 35.5. The predicted molar refractivity (Wildman–Crippen MR) is 84.6 cm³/mol. The van der Waals surface area contributed by atoms with Crippen molar-refractivity contribution >= 4 is 24.3 Å². The molecule has 5 nitrogen and oxygen atoms in total. The van der Waals surface area contributed by atoms with Gasteiger partial charge < -0.3 is 10.4 Å². The van der Waals surface area contributed by atoms with Crippen LogP contribution in [0, 0.1) is 6.92 Å². The molecule has 0 aliphatic heterocycles. The molecule has 21 heavy (non-hydrogen) atoms. The van der Waals surface area contributed by atoms with E-state index in [1.165, 1.54) is 0 Å². The topological polar surface area (TPSA) is 69.6 Å². The van der Waals surface area contributed by atoms with Crippen LogP contribution in [-0.4, -0.2) is 41.5 Å². The number of carbonyl (C=O) groups excluding carboxylic acids is 1. The number of carboxylic acid groups (broad SMARTS) is 1. The highest BCUT2D eigenvalue weighted by molar-refractivity contribution is 5.85. The van der Waals surface area contributed by atoms with Crippen molar-refractivity contribution in [2.24, 2.45) is 0 Å². The van der Waals surface area contributed by atoms with Crippen molar-refractivity contribution < 1.29 is 14.7 Å². The fraction of sp³-hybridized carbons (Fsp3) is 0.467. The van der Waals surface area contributed by atoms with Crippen LogP contribution in [0.15, 0.2) is 24.3 Å². The van der Waals surface area contributed by atoms with Crippen LogP contribution in [0.2, 0.25) is 0 Å². The second-order valence-electron chi connectivity index (χ2n) is 4.81. The van der Waals surface area contributed by atoms with Crippen LogP contribution in [0.25, 0.3) is 0 Å². The first kappa shape index (κ1) is 19.4. The van der Waals surface area contributed by atoms with E-state index in [4.69, 9.17) is 5.11 Å². The molecule has 0 spiro atoms. The molecule has 1 aromatic rings. The maximum atomic E-state index is 11.8. The zero-order valence-corrected chi connectivity index (χ0v) is 13.3. The van der Waals surface area contributed by atoms with Gasteiger partial charge in [-0.25, -0.2) is 0 Å². The van der Waals surface area contributed by atoms with Gasteiger partial charge in [0, 0.05) is 6.54 Å². The molecular formula is C15H23ClN2O3. The molecule has 1 aromatic carbocycles. The quantitative estimate of drug-likeness (QED) is 0.768. The van der Waals surface area contributed by atoms with E-state index >= 15 is 0 Å². The third kappa shape index (κ3) is 7.68. The van der Waals surface area contributed by atoms with Gasteiger partial charge in [0.1, 0.15) is 0 Å². The summed E-state index contributed by atoms with van der Waals surface area (Å²) in [7, 11) is 0. The molecule has 1 rings (SSSR count). The summed E-state index contributed by atoms with van der Waals surface area (Å²) in [5.41, 5.74) is 2.20. The summed E-state index contributed by atoms with van der Waals surface area (Å²) >= 11 is 0. The minimum atomic E-state index is -0.912. The number of hydrogen-bond acceptors (Lipinski definition) is 3. The summed E-state index contributed by atoms with van der Waals surface area (Å²) in [6, 6.07) is 7.85. The number of aliphatic carboxylic acids is 1. The highest BCUT2D eigenvalue weighted by Crippen LogP contribution is 2.06. The monoisotopic (exact) mass is 314 g/mol. The van der Waals surface area contributed by atoms with E-state index in [9.17, 15) is 9.59 Å². The van der Waals surface area contributed by atoms with Gasteiger partial charge in [-0.3, -0.25) is 14.5 Å². The first-order chi connectivity index (χ1) is 9.52. The average molecular weight is 315 g/mol. The van der Waals surface area contributed by atoms with Gasteiger partial charge in [-0.05, 0) is 31.0 Å².